The molecule has 21 heavy (non-hydrogen) atoms. The highest BCUT2D eigenvalue weighted by Crippen LogP contribution is 2.43. The Morgan fingerprint density at radius 3 is 2.43 bits per heavy atom. The van der Waals surface area contributed by atoms with Gasteiger partial charge >= 0.3 is 0 Å². The minimum atomic E-state index is -0.0980. The normalized spacial score (nSPS) is 23.1. The van der Waals surface area contributed by atoms with Crippen molar-refractivity contribution < 1.29 is 14.2 Å². The second-order valence-electron chi connectivity index (χ2n) is 5.23. The molecule has 0 N–H and O–H groups in total. The van der Waals surface area contributed by atoms with Crippen molar-refractivity contribution in [3.63, 3.8) is 0 Å². The number of rotatable bonds is 6. The largest absolute Gasteiger partial charge is 0.490 e. The van der Waals surface area contributed by atoms with Crippen molar-refractivity contribution in [2.75, 3.05) is 19.8 Å². The van der Waals surface area contributed by atoms with Gasteiger partial charge in [0, 0.05) is 10.4 Å². The van der Waals surface area contributed by atoms with E-state index in [-0.39, 0.29) is 11.5 Å². The Morgan fingerprint density at radius 2 is 1.90 bits per heavy atom. The summed E-state index contributed by atoms with van der Waals surface area (Å²) in [5.41, 5.74) is 1.03. The number of hydrogen-bond acceptors (Lipinski definition) is 3. The first-order chi connectivity index (χ1) is 10.1. The van der Waals surface area contributed by atoms with Crippen LogP contribution in [0.4, 0.5) is 0 Å². The van der Waals surface area contributed by atoms with Gasteiger partial charge in [-0.1, -0.05) is 15.9 Å². The predicted molar refractivity (Wildman–Crippen MR) is 88.6 cm³/mol. The molecule has 1 aromatic carbocycles. The van der Waals surface area contributed by atoms with E-state index in [1.807, 2.05) is 26.0 Å². The Bertz CT molecular complexity index is 481. The van der Waals surface area contributed by atoms with E-state index < -0.39 is 0 Å². The molecular weight excluding hydrogens is 356 g/mol. The van der Waals surface area contributed by atoms with Gasteiger partial charge in [-0.25, -0.2) is 0 Å². The zero-order valence-corrected chi connectivity index (χ0v) is 15.0. The Labute approximate surface area is 140 Å². The molecule has 0 radical (unpaired) electrons. The van der Waals surface area contributed by atoms with E-state index in [0.717, 1.165) is 28.0 Å². The van der Waals surface area contributed by atoms with Crippen LogP contribution in [0.3, 0.4) is 0 Å². The SMILES string of the molecule is CCOc1cc(Br)c(C(Cl)C2COC(C)C2)cc1OCC. The average Bonchev–Trinajstić information content (AvgIpc) is 2.88. The summed E-state index contributed by atoms with van der Waals surface area (Å²) in [6.07, 6.45) is 1.27. The third-order valence-corrected chi connectivity index (χ3v) is 4.88. The van der Waals surface area contributed by atoms with Crippen LogP contribution in [-0.4, -0.2) is 25.9 Å². The molecule has 1 aliphatic heterocycles. The van der Waals surface area contributed by atoms with Crippen LogP contribution in [0.5, 0.6) is 11.5 Å². The lowest BCUT2D eigenvalue weighted by Gasteiger charge is -2.20. The number of ether oxygens (including phenoxy) is 3. The van der Waals surface area contributed by atoms with Crippen molar-refractivity contribution in [2.45, 2.75) is 38.7 Å². The van der Waals surface area contributed by atoms with Crippen LogP contribution >= 0.6 is 27.5 Å². The topological polar surface area (TPSA) is 27.7 Å². The lowest BCUT2D eigenvalue weighted by Crippen LogP contribution is -2.09. The second-order valence-corrected chi connectivity index (χ2v) is 6.55. The standard InChI is InChI=1S/C16H22BrClO3/c1-4-19-14-7-12(13(17)8-15(14)20-5-2)16(18)11-6-10(3)21-9-11/h7-8,10-11,16H,4-6,9H2,1-3H3. The summed E-state index contributed by atoms with van der Waals surface area (Å²) in [4.78, 5) is 0. The van der Waals surface area contributed by atoms with Gasteiger partial charge in [-0.3, -0.25) is 0 Å². The van der Waals surface area contributed by atoms with E-state index in [1.165, 1.54) is 0 Å². The molecule has 0 aromatic heterocycles. The highest BCUT2D eigenvalue weighted by atomic mass is 79.9. The molecule has 3 unspecified atom stereocenters. The highest BCUT2D eigenvalue weighted by Gasteiger charge is 2.31. The Morgan fingerprint density at radius 1 is 1.29 bits per heavy atom. The van der Waals surface area contributed by atoms with E-state index >= 15 is 0 Å². The van der Waals surface area contributed by atoms with Gasteiger partial charge in [-0.2, -0.15) is 0 Å². The summed E-state index contributed by atoms with van der Waals surface area (Å²) >= 11 is 10.3. The predicted octanol–water partition coefficient (Wildman–Crippen LogP) is 4.95. The molecule has 1 saturated heterocycles. The fourth-order valence-corrected chi connectivity index (χ4v) is 3.66. The van der Waals surface area contributed by atoms with Gasteiger partial charge in [0.25, 0.3) is 0 Å². The van der Waals surface area contributed by atoms with Crippen LogP contribution in [0.15, 0.2) is 16.6 Å². The van der Waals surface area contributed by atoms with E-state index in [1.54, 1.807) is 0 Å². The maximum Gasteiger partial charge on any atom is 0.162 e. The van der Waals surface area contributed by atoms with Crippen LogP contribution < -0.4 is 9.47 Å². The van der Waals surface area contributed by atoms with Gasteiger partial charge in [0.1, 0.15) is 0 Å². The maximum absolute atomic E-state index is 6.68. The molecular formula is C16H22BrClO3. The summed E-state index contributed by atoms with van der Waals surface area (Å²) in [5.74, 6) is 1.82. The van der Waals surface area contributed by atoms with E-state index in [2.05, 4.69) is 22.9 Å². The van der Waals surface area contributed by atoms with Crippen molar-refractivity contribution in [2.24, 2.45) is 5.92 Å². The monoisotopic (exact) mass is 376 g/mol. The highest BCUT2D eigenvalue weighted by molar-refractivity contribution is 9.10. The Kier molecular flexibility index (Phi) is 6.20. The summed E-state index contributed by atoms with van der Waals surface area (Å²) in [6.45, 7) is 7.91. The van der Waals surface area contributed by atoms with Gasteiger partial charge in [0.2, 0.25) is 0 Å². The van der Waals surface area contributed by atoms with Crippen LogP contribution in [0, 0.1) is 5.92 Å². The smallest absolute Gasteiger partial charge is 0.162 e. The molecule has 0 spiro atoms. The molecule has 1 aromatic rings. The van der Waals surface area contributed by atoms with Crippen molar-refractivity contribution in [3.8, 4) is 11.5 Å². The third-order valence-electron chi connectivity index (χ3n) is 3.60. The zero-order valence-electron chi connectivity index (χ0n) is 12.7. The average molecular weight is 378 g/mol. The number of hydrogen-bond donors (Lipinski definition) is 0. The summed E-state index contributed by atoms with van der Waals surface area (Å²) in [7, 11) is 0. The summed E-state index contributed by atoms with van der Waals surface area (Å²) in [6, 6.07) is 3.93. The van der Waals surface area contributed by atoms with Gasteiger partial charge in [-0.05, 0) is 44.9 Å². The Hall–Kier alpha value is -0.450. The van der Waals surface area contributed by atoms with E-state index in [0.29, 0.717) is 25.7 Å². The molecule has 5 heteroatoms. The second kappa shape index (κ2) is 7.70. The third kappa shape index (κ3) is 4.05. The molecule has 2 rings (SSSR count). The molecule has 0 amide bonds. The van der Waals surface area contributed by atoms with Crippen LogP contribution in [0.2, 0.25) is 0 Å². The first-order valence-corrected chi connectivity index (χ1v) is 8.64. The Balaban J connectivity index is 2.27. The zero-order chi connectivity index (χ0) is 15.4. The number of benzene rings is 1. The molecule has 118 valence electrons. The van der Waals surface area contributed by atoms with Crippen molar-refractivity contribution in [1.82, 2.24) is 0 Å². The first-order valence-electron chi connectivity index (χ1n) is 7.41. The van der Waals surface area contributed by atoms with Crippen molar-refractivity contribution in [1.29, 1.82) is 0 Å². The molecule has 3 atom stereocenters. The minimum absolute atomic E-state index is 0.0980. The fourth-order valence-electron chi connectivity index (χ4n) is 2.61. The molecule has 0 aliphatic carbocycles. The molecule has 1 aliphatic rings. The van der Waals surface area contributed by atoms with Crippen molar-refractivity contribution >= 4 is 27.5 Å². The summed E-state index contributed by atoms with van der Waals surface area (Å²) in [5, 5.41) is -0.0980. The van der Waals surface area contributed by atoms with Crippen LogP contribution in [0.1, 0.15) is 38.1 Å². The van der Waals surface area contributed by atoms with Gasteiger partial charge in [0.05, 0.1) is 31.3 Å². The van der Waals surface area contributed by atoms with Crippen LogP contribution in [-0.2, 0) is 4.74 Å². The van der Waals surface area contributed by atoms with Gasteiger partial charge in [0.15, 0.2) is 11.5 Å². The molecule has 1 heterocycles. The fraction of sp³-hybridized carbons (Fsp3) is 0.625. The first kappa shape index (κ1) is 16.9. The van der Waals surface area contributed by atoms with Gasteiger partial charge in [-0.15, -0.1) is 11.6 Å². The number of alkyl halides is 1. The lowest BCUT2D eigenvalue weighted by atomic mass is 9.96. The van der Waals surface area contributed by atoms with Gasteiger partial charge < -0.3 is 14.2 Å². The molecule has 1 fully saturated rings. The van der Waals surface area contributed by atoms with Crippen molar-refractivity contribution in [3.05, 3.63) is 22.2 Å². The van der Waals surface area contributed by atoms with E-state index in [9.17, 15) is 0 Å². The van der Waals surface area contributed by atoms with E-state index in [4.69, 9.17) is 25.8 Å². The quantitative estimate of drug-likeness (QED) is 0.656. The van der Waals surface area contributed by atoms with Crippen LogP contribution in [0.25, 0.3) is 0 Å². The summed E-state index contributed by atoms with van der Waals surface area (Å²) < 4.78 is 17.9. The lowest BCUT2D eigenvalue weighted by molar-refractivity contribution is 0.119. The molecule has 0 bridgehead atoms. The molecule has 3 nitrogen and oxygen atoms in total. The maximum atomic E-state index is 6.68. The number of halogens is 2. The minimum Gasteiger partial charge on any atom is -0.490 e. The molecule has 0 saturated carbocycles.